The molecule has 1 N–H and O–H groups in total. The topological polar surface area (TPSA) is 24.4 Å². The number of nitrogens with zero attached hydrogens (tertiary/aromatic N) is 1. The fourth-order valence-corrected chi connectivity index (χ4v) is 2.83. The Morgan fingerprint density at radius 2 is 1.46 bits per heavy atom. The molecule has 26 heavy (non-hydrogen) atoms. The Bertz CT molecular complexity index is 665. The van der Waals surface area contributed by atoms with Crippen LogP contribution in [0.5, 0.6) is 0 Å². The van der Waals surface area contributed by atoms with Gasteiger partial charge in [-0.15, -0.1) is 11.8 Å². The zero-order valence-electron chi connectivity index (χ0n) is 16.4. The minimum Gasteiger partial charge on any atom is -0.350 e. The number of thiocarbonyl (C=S) groups is 1. The van der Waals surface area contributed by atoms with Crippen molar-refractivity contribution >= 4 is 45.4 Å². The van der Waals surface area contributed by atoms with Crippen molar-refractivity contribution in [2.45, 2.75) is 34.6 Å². The smallest absolute Gasteiger partial charge is 0.0823 e. The number of anilines is 1. The molecule has 0 unspecified atom stereocenters. The third-order valence-corrected chi connectivity index (χ3v) is 5.07. The largest absolute Gasteiger partial charge is 0.350 e. The maximum atomic E-state index is 5.15. The number of aliphatic imine (C=N–C) groups is 1. The number of hydrogen-bond acceptors (Lipinski definition) is 3. The first kappa shape index (κ1) is 22.4. The van der Waals surface area contributed by atoms with Crippen LogP contribution in [0.1, 0.15) is 34.6 Å². The molecule has 0 amide bonds. The average molecular weight is 387 g/mol. The van der Waals surface area contributed by atoms with Gasteiger partial charge in [0.15, 0.2) is 0 Å². The lowest BCUT2D eigenvalue weighted by Gasteiger charge is -2.09. The van der Waals surface area contributed by atoms with Crippen LogP contribution < -0.4 is 5.32 Å². The number of nitrogens with one attached hydrogen (secondary N) is 1. The van der Waals surface area contributed by atoms with E-state index in [4.69, 9.17) is 12.2 Å². The molecule has 0 spiro atoms. The van der Waals surface area contributed by atoms with Gasteiger partial charge in [-0.25, -0.2) is 4.99 Å². The van der Waals surface area contributed by atoms with E-state index in [1.807, 2.05) is 72.4 Å². The van der Waals surface area contributed by atoms with Crippen LogP contribution in [0.15, 0.2) is 65.7 Å². The van der Waals surface area contributed by atoms with Crippen molar-refractivity contribution in [3.05, 3.63) is 60.7 Å². The Balaban J connectivity index is 0.000000263. The van der Waals surface area contributed by atoms with Gasteiger partial charge >= 0.3 is 0 Å². The minimum absolute atomic E-state index is 0.403. The number of para-hydroxylation sites is 2. The summed E-state index contributed by atoms with van der Waals surface area (Å²) in [5.74, 6) is 2.00. The van der Waals surface area contributed by atoms with Crippen molar-refractivity contribution in [1.82, 2.24) is 0 Å². The van der Waals surface area contributed by atoms with E-state index in [0.29, 0.717) is 11.8 Å². The number of hydrogen-bond donors (Lipinski definition) is 1. The fraction of sp³-hybridized carbons (Fsp3) is 0.364. The van der Waals surface area contributed by atoms with E-state index in [9.17, 15) is 0 Å². The van der Waals surface area contributed by atoms with Crippen molar-refractivity contribution in [2.75, 3.05) is 11.1 Å². The maximum Gasteiger partial charge on any atom is 0.0823 e. The van der Waals surface area contributed by atoms with Crippen LogP contribution in [0, 0.1) is 11.8 Å². The molecule has 0 radical (unpaired) electrons. The van der Waals surface area contributed by atoms with Crippen LogP contribution in [0.25, 0.3) is 0 Å². The maximum absolute atomic E-state index is 5.15. The van der Waals surface area contributed by atoms with Gasteiger partial charge < -0.3 is 5.32 Å². The second-order valence-electron chi connectivity index (χ2n) is 6.38. The summed E-state index contributed by atoms with van der Waals surface area (Å²) in [4.78, 5) is 5.52. The molecule has 2 rings (SSSR count). The highest BCUT2D eigenvalue weighted by Gasteiger charge is 2.04. The van der Waals surface area contributed by atoms with E-state index < -0.39 is 0 Å². The molecule has 0 heterocycles. The van der Waals surface area contributed by atoms with E-state index >= 15 is 0 Å². The quantitative estimate of drug-likeness (QED) is 0.334. The van der Waals surface area contributed by atoms with Crippen molar-refractivity contribution in [3.63, 3.8) is 0 Å². The lowest BCUT2D eigenvalue weighted by Crippen LogP contribution is -2.15. The Labute approximate surface area is 168 Å². The second kappa shape index (κ2) is 12.7. The fourth-order valence-electron chi connectivity index (χ4n) is 1.91. The van der Waals surface area contributed by atoms with Crippen molar-refractivity contribution < 1.29 is 0 Å². The highest BCUT2D eigenvalue weighted by atomic mass is 32.2. The highest BCUT2D eigenvalue weighted by molar-refractivity contribution is 8.13. The zero-order valence-corrected chi connectivity index (χ0v) is 18.0. The average Bonchev–Trinajstić information content (AvgIpc) is 2.63. The molecule has 0 aliphatic heterocycles. The minimum atomic E-state index is 0.403. The zero-order chi connectivity index (χ0) is 19.4. The van der Waals surface area contributed by atoms with Gasteiger partial charge in [-0.05, 0) is 30.0 Å². The summed E-state index contributed by atoms with van der Waals surface area (Å²) < 4.78 is 0. The summed E-state index contributed by atoms with van der Waals surface area (Å²) in [6, 6.07) is 20.1. The van der Waals surface area contributed by atoms with Crippen LogP contribution in [0.3, 0.4) is 0 Å². The van der Waals surface area contributed by atoms with E-state index in [1.54, 1.807) is 0 Å². The van der Waals surface area contributed by atoms with E-state index in [-0.39, 0.29) is 0 Å². The van der Waals surface area contributed by atoms with Gasteiger partial charge in [0.1, 0.15) is 0 Å². The summed E-state index contributed by atoms with van der Waals surface area (Å²) >= 11 is 6.98. The Kier molecular flexibility index (Phi) is 10.9. The molecule has 0 fully saturated rings. The molecule has 0 saturated carbocycles. The second-order valence-corrected chi connectivity index (χ2v) is 8.11. The Morgan fingerprint density at radius 1 is 0.923 bits per heavy atom. The third-order valence-electron chi connectivity index (χ3n) is 3.35. The van der Waals surface area contributed by atoms with E-state index in [2.05, 4.69) is 44.9 Å². The van der Waals surface area contributed by atoms with Gasteiger partial charge in [0.25, 0.3) is 0 Å². The van der Waals surface area contributed by atoms with Gasteiger partial charge in [0.05, 0.1) is 15.7 Å². The summed E-state index contributed by atoms with van der Waals surface area (Å²) in [5.41, 5.74) is 2.12. The number of rotatable bonds is 5. The van der Waals surface area contributed by atoms with Crippen LogP contribution in [-0.4, -0.2) is 15.8 Å². The molecule has 2 nitrogen and oxygen atoms in total. The molecule has 0 aliphatic carbocycles. The van der Waals surface area contributed by atoms with Crippen molar-refractivity contribution in [1.29, 1.82) is 0 Å². The van der Waals surface area contributed by atoms with Crippen LogP contribution in [0.2, 0.25) is 0 Å². The van der Waals surface area contributed by atoms with E-state index in [0.717, 1.165) is 22.1 Å². The molecule has 0 saturated heterocycles. The Morgan fingerprint density at radius 3 is 1.92 bits per heavy atom. The Hall–Kier alpha value is -1.65. The van der Waals surface area contributed by atoms with Crippen LogP contribution in [-0.2, 0) is 0 Å². The summed E-state index contributed by atoms with van der Waals surface area (Å²) in [6.45, 7) is 10.7. The predicted octanol–water partition coefficient (Wildman–Crippen LogP) is 7.21. The normalized spacial score (nSPS) is 11.1. The number of thioether (sulfide) groups is 1. The predicted molar refractivity (Wildman–Crippen MR) is 124 cm³/mol. The molecule has 0 atom stereocenters. The van der Waals surface area contributed by atoms with Gasteiger partial charge in [0.2, 0.25) is 0 Å². The standard InChI is InChI=1S/C12H17NS.C10H13NS/c1-4-14-12(10(2)3)13-11-8-6-5-7-9-11;1-8(2)10(12)11-9-6-4-3-5-7-9/h5-10H,4H2,1-3H3;3-8H,1-2H3,(H,11,12). The lowest BCUT2D eigenvalue weighted by atomic mass is 10.2. The summed E-state index contributed by atoms with van der Waals surface area (Å²) in [7, 11) is 0. The van der Waals surface area contributed by atoms with Crippen LogP contribution in [0.4, 0.5) is 11.4 Å². The van der Waals surface area contributed by atoms with Gasteiger partial charge in [-0.1, -0.05) is 83.2 Å². The number of benzene rings is 2. The van der Waals surface area contributed by atoms with Gasteiger partial charge in [-0.3, -0.25) is 0 Å². The van der Waals surface area contributed by atoms with E-state index in [1.165, 1.54) is 5.04 Å². The first-order chi connectivity index (χ1) is 12.4. The molecular formula is C22H30N2S2. The lowest BCUT2D eigenvalue weighted by molar-refractivity contribution is 0.898. The highest BCUT2D eigenvalue weighted by Crippen LogP contribution is 2.19. The molecule has 140 valence electrons. The monoisotopic (exact) mass is 386 g/mol. The van der Waals surface area contributed by atoms with Gasteiger partial charge in [-0.2, -0.15) is 0 Å². The molecule has 2 aromatic rings. The summed E-state index contributed by atoms with van der Waals surface area (Å²) in [6.07, 6.45) is 0. The molecule has 4 heteroatoms. The SMILES string of the molecule is CC(C)C(=S)Nc1ccccc1.CCSC(=Nc1ccccc1)C(C)C. The first-order valence-corrected chi connectivity index (χ1v) is 10.5. The summed E-state index contributed by atoms with van der Waals surface area (Å²) in [5, 5.41) is 4.39. The van der Waals surface area contributed by atoms with Crippen LogP contribution >= 0.6 is 24.0 Å². The van der Waals surface area contributed by atoms with Crippen molar-refractivity contribution in [3.8, 4) is 0 Å². The van der Waals surface area contributed by atoms with Gasteiger partial charge in [0, 0.05) is 17.5 Å². The third kappa shape index (κ3) is 9.16. The molecular weight excluding hydrogens is 356 g/mol. The first-order valence-electron chi connectivity index (χ1n) is 9.06. The van der Waals surface area contributed by atoms with Crippen molar-refractivity contribution in [2.24, 2.45) is 16.8 Å². The molecule has 0 aromatic heterocycles. The molecule has 2 aromatic carbocycles. The molecule has 0 aliphatic rings. The molecule has 0 bridgehead atoms.